The maximum absolute atomic E-state index is 10.6. The van der Waals surface area contributed by atoms with E-state index < -0.39 is 21.8 Å². The first-order chi connectivity index (χ1) is 4.51. The van der Waals surface area contributed by atoms with Crippen LogP contribution in [0.3, 0.4) is 0 Å². The molecular weight excluding hydrogens is 158 g/mol. The van der Waals surface area contributed by atoms with E-state index in [4.69, 9.17) is 5.11 Å². The van der Waals surface area contributed by atoms with Crippen LogP contribution in [-0.4, -0.2) is 37.2 Å². The molecule has 58 valence electrons. The predicted molar refractivity (Wildman–Crippen MR) is 33.2 cm³/mol. The van der Waals surface area contributed by atoms with Crippen LogP contribution in [0, 0.1) is 0 Å². The number of carboxylic acids is 1. The third-order valence-electron chi connectivity index (χ3n) is 1.27. The van der Waals surface area contributed by atoms with E-state index >= 15 is 0 Å². The molecule has 1 aliphatic rings. The Balaban J connectivity index is 2.69. The van der Waals surface area contributed by atoms with Crippen molar-refractivity contribution in [1.82, 2.24) is 5.32 Å². The predicted octanol–water partition coefficient (Wildman–Crippen LogP) is -1.58. The molecule has 0 aliphatic carbocycles. The third kappa shape index (κ3) is 1.45. The molecule has 0 aromatic rings. The van der Waals surface area contributed by atoms with Gasteiger partial charge in [0.05, 0.1) is 11.6 Å². The quantitative estimate of drug-likeness (QED) is 0.489. The Labute approximate surface area is 58.0 Å². The first-order valence-corrected chi connectivity index (χ1v) is 4.50. The minimum Gasteiger partial charge on any atom is -0.480 e. The van der Waals surface area contributed by atoms with Crippen molar-refractivity contribution >= 4 is 15.8 Å². The van der Waals surface area contributed by atoms with Crippen LogP contribution in [0.5, 0.6) is 0 Å². The Morgan fingerprint density at radius 1 is 1.60 bits per heavy atom. The van der Waals surface area contributed by atoms with E-state index in [0.717, 1.165) is 0 Å². The second kappa shape index (κ2) is 2.21. The van der Waals surface area contributed by atoms with Crippen LogP contribution in [0.15, 0.2) is 0 Å². The molecule has 6 heteroatoms. The van der Waals surface area contributed by atoms with E-state index in [1.54, 1.807) is 0 Å². The van der Waals surface area contributed by atoms with Gasteiger partial charge in [0.1, 0.15) is 6.04 Å². The lowest BCUT2D eigenvalue weighted by atomic mass is 10.4. The monoisotopic (exact) mass is 165 g/mol. The van der Waals surface area contributed by atoms with Gasteiger partial charge < -0.3 is 5.11 Å². The largest absolute Gasteiger partial charge is 0.480 e. The van der Waals surface area contributed by atoms with Crippen LogP contribution in [0.4, 0.5) is 0 Å². The maximum atomic E-state index is 10.6. The van der Waals surface area contributed by atoms with Crippen molar-refractivity contribution in [3.8, 4) is 0 Å². The summed E-state index contributed by atoms with van der Waals surface area (Å²) >= 11 is 0. The summed E-state index contributed by atoms with van der Waals surface area (Å²) in [5, 5.41) is 10.7. The molecule has 1 aliphatic heterocycles. The molecule has 0 aromatic carbocycles. The fraction of sp³-hybridized carbons (Fsp3) is 0.750. The minimum atomic E-state index is -3.13. The smallest absolute Gasteiger partial charge is 0.321 e. The summed E-state index contributed by atoms with van der Waals surface area (Å²) in [5.74, 6) is -1.62. The summed E-state index contributed by atoms with van der Waals surface area (Å²) < 4.78 is 21.2. The van der Waals surface area contributed by atoms with E-state index in [-0.39, 0.29) is 11.6 Å². The lowest BCUT2D eigenvalue weighted by Gasteiger charge is -1.97. The Kier molecular flexibility index (Phi) is 1.65. The lowest BCUT2D eigenvalue weighted by Crippen LogP contribution is -2.32. The highest BCUT2D eigenvalue weighted by Crippen LogP contribution is 2.02. The second-order valence-corrected chi connectivity index (χ2v) is 4.26. The van der Waals surface area contributed by atoms with Crippen LogP contribution in [0.1, 0.15) is 0 Å². The average molecular weight is 165 g/mol. The minimum absolute atomic E-state index is 0.218. The van der Waals surface area contributed by atoms with Crippen molar-refractivity contribution in [3.63, 3.8) is 0 Å². The van der Waals surface area contributed by atoms with E-state index in [2.05, 4.69) is 5.32 Å². The average Bonchev–Trinajstić information content (AvgIpc) is 2.10. The van der Waals surface area contributed by atoms with E-state index in [1.165, 1.54) is 0 Å². The maximum Gasteiger partial charge on any atom is 0.321 e. The molecule has 1 saturated heterocycles. The number of nitrogens with one attached hydrogen (secondary N) is 1. The van der Waals surface area contributed by atoms with Gasteiger partial charge in [0.15, 0.2) is 9.84 Å². The highest BCUT2D eigenvalue weighted by Gasteiger charge is 2.31. The Bertz CT molecular complexity index is 244. The number of rotatable bonds is 1. The van der Waals surface area contributed by atoms with E-state index in [9.17, 15) is 13.2 Å². The Morgan fingerprint density at radius 3 is 2.40 bits per heavy atom. The molecule has 0 aromatic heterocycles. The van der Waals surface area contributed by atoms with Crippen LogP contribution >= 0.6 is 0 Å². The molecule has 0 saturated carbocycles. The zero-order valence-electron chi connectivity index (χ0n) is 5.07. The Hall–Kier alpha value is -0.620. The van der Waals surface area contributed by atoms with Crippen molar-refractivity contribution < 1.29 is 18.3 Å². The first-order valence-electron chi connectivity index (χ1n) is 2.68. The third-order valence-corrected chi connectivity index (χ3v) is 2.72. The number of hydrogen-bond acceptors (Lipinski definition) is 4. The van der Waals surface area contributed by atoms with Crippen molar-refractivity contribution in [1.29, 1.82) is 0 Å². The van der Waals surface area contributed by atoms with Crippen molar-refractivity contribution in [3.05, 3.63) is 0 Å². The summed E-state index contributed by atoms with van der Waals surface area (Å²) in [7, 11) is -3.13. The molecular formula is C4H7NO4S. The Morgan fingerprint density at radius 2 is 2.20 bits per heavy atom. The van der Waals surface area contributed by atoms with Gasteiger partial charge >= 0.3 is 5.97 Å². The van der Waals surface area contributed by atoms with Gasteiger partial charge in [0.2, 0.25) is 0 Å². The molecule has 0 radical (unpaired) electrons. The van der Waals surface area contributed by atoms with Gasteiger partial charge in [0, 0.05) is 0 Å². The van der Waals surface area contributed by atoms with Crippen LogP contribution in [0.2, 0.25) is 0 Å². The number of carboxylic acid groups (broad SMARTS) is 1. The highest BCUT2D eigenvalue weighted by molar-refractivity contribution is 7.91. The van der Waals surface area contributed by atoms with Gasteiger partial charge in [-0.2, -0.15) is 0 Å². The summed E-state index contributed by atoms with van der Waals surface area (Å²) in [6, 6.07) is -0.912. The van der Waals surface area contributed by atoms with Gasteiger partial charge in [-0.15, -0.1) is 0 Å². The fourth-order valence-electron chi connectivity index (χ4n) is 0.758. The highest BCUT2D eigenvalue weighted by atomic mass is 32.2. The molecule has 1 fully saturated rings. The molecule has 0 spiro atoms. The SMILES string of the molecule is O=C(O)C1CS(=O)(=O)CN1. The van der Waals surface area contributed by atoms with Crippen LogP contribution in [0.25, 0.3) is 0 Å². The van der Waals surface area contributed by atoms with Crippen LogP contribution in [-0.2, 0) is 14.6 Å². The van der Waals surface area contributed by atoms with E-state index in [0.29, 0.717) is 0 Å². The number of carbonyl (C=O) groups is 1. The molecule has 10 heavy (non-hydrogen) atoms. The normalized spacial score (nSPS) is 30.2. The summed E-state index contributed by atoms with van der Waals surface area (Å²) in [5.41, 5.74) is 0. The van der Waals surface area contributed by atoms with Gasteiger partial charge in [-0.1, -0.05) is 0 Å². The van der Waals surface area contributed by atoms with Crippen molar-refractivity contribution in [2.24, 2.45) is 0 Å². The number of aliphatic carboxylic acids is 1. The summed E-state index contributed by atoms with van der Waals surface area (Å²) in [6.45, 7) is 0. The van der Waals surface area contributed by atoms with Crippen molar-refractivity contribution in [2.75, 3.05) is 11.6 Å². The molecule has 0 bridgehead atoms. The first kappa shape index (κ1) is 7.49. The molecule has 0 amide bonds. The van der Waals surface area contributed by atoms with Crippen LogP contribution < -0.4 is 5.32 Å². The van der Waals surface area contributed by atoms with E-state index in [1.807, 2.05) is 0 Å². The zero-order valence-corrected chi connectivity index (χ0v) is 5.89. The van der Waals surface area contributed by atoms with Crippen molar-refractivity contribution in [2.45, 2.75) is 6.04 Å². The second-order valence-electron chi connectivity index (χ2n) is 2.15. The van der Waals surface area contributed by atoms with Gasteiger partial charge in [-0.25, -0.2) is 8.42 Å². The zero-order chi connectivity index (χ0) is 7.78. The molecule has 1 unspecified atom stereocenters. The number of hydrogen-bond donors (Lipinski definition) is 2. The fourth-order valence-corrected chi connectivity index (χ4v) is 2.10. The topological polar surface area (TPSA) is 83.5 Å². The molecule has 1 rings (SSSR count). The number of sulfone groups is 1. The summed E-state index contributed by atoms with van der Waals surface area (Å²) in [4.78, 5) is 10.2. The lowest BCUT2D eigenvalue weighted by molar-refractivity contribution is -0.138. The molecule has 5 nitrogen and oxygen atoms in total. The van der Waals surface area contributed by atoms with Gasteiger partial charge in [-0.05, 0) is 0 Å². The summed E-state index contributed by atoms with van der Waals surface area (Å²) in [6.07, 6.45) is 0. The standard InChI is InChI=1S/C4H7NO4S/c6-4(7)3-1-10(8,9)2-5-3/h3,5H,1-2H2,(H,6,7). The molecule has 1 atom stereocenters. The van der Waals surface area contributed by atoms with Gasteiger partial charge in [0.25, 0.3) is 0 Å². The molecule has 2 N–H and O–H groups in total. The van der Waals surface area contributed by atoms with Gasteiger partial charge in [-0.3, -0.25) is 10.1 Å². The molecule has 1 heterocycles.